The first kappa shape index (κ1) is 21.5. The molecule has 0 amide bonds. The van der Waals surface area contributed by atoms with Crippen LogP contribution >= 0.6 is 0 Å². The number of aromatic nitrogens is 2. The van der Waals surface area contributed by atoms with Gasteiger partial charge in [0.25, 0.3) is 0 Å². The summed E-state index contributed by atoms with van der Waals surface area (Å²) in [5.74, 6) is -1.78. The molecule has 0 radical (unpaired) electrons. The van der Waals surface area contributed by atoms with Crippen LogP contribution in [0.4, 0.5) is 13.2 Å². The number of carbonyl (C=O) groups excluding carboxylic acids is 2. The molecule has 154 valence electrons. The second-order valence-electron chi connectivity index (χ2n) is 6.96. The van der Waals surface area contributed by atoms with Gasteiger partial charge in [0.2, 0.25) is 0 Å². The number of alkyl halides is 3. The maximum atomic E-state index is 12.8. The third-order valence-electron chi connectivity index (χ3n) is 3.31. The van der Waals surface area contributed by atoms with E-state index in [-0.39, 0.29) is 24.2 Å². The molecule has 1 aromatic heterocycles. The summed E-state index contributed by atoms with van der Waals surface area (Å²) in [4.78, 5) is 23.6. The zero-order chi connectivity index (χ0) is 21.1. The van der Waals surface area contributed by atoms with Gasteiger partial charge in [-0.2, -0.15) is 5.10 Å². The Balaban J connectivity index is 2.37. The number of esters is 2. The summed E-state index contributed by atoms with van der Waals surface area (Å²) in [5, 5.41) is 4.50. The second kappa shape index (κ2) is 8.07. The van der Waals surface area contributed by atoms with Gasteiger partial charge in [-0.25, -0.2) is 0 Å². The molecule has 2 rings (SSSR count). The minimum atomic E-state index is -4.94. The first-order valence-electron chi connectivity index (χ1n) is 8.49. The van der Waals surface area contributed by atoms with Crippen LogP contribution in [-0.2, 0) is 32.0 Å². The normalized spacial score (nSPS) is 12.1. The highest BCUT2D eigenvalue weighted by molar-refractivity contribution is 5.84. The Morgan fingerprint density at radius 1 is 1.14 bits per heavy atom. The van der Waals surface area contributed by atoms with Gasteiger partial charge in [-0.15, -0.1) is 13.2 Å². The van der Waals surface area contributed by atoms with Crippen molar-refractivity contribution in [1.29, 1.82) is 0 Å². The van der Waals surface area contributed by atoms with E-state index in [9.17, 15) is 22.8 Å². The monoisotopic (exact) mass is 402 g/mol. The predicted molar refractivity (Wildman–Crippen MR) is 92.6 cm³/mol. The molecular formula is C18H21F3N2O5. The van der Waals surface area contributed by atoms with Gasteiger partial charge in [0.15, 0.2) is 0 Å². The van der Waals surface area contributed by atoms with E-state index in [0.717, 1.165) is 6.07 Å². The summed E-state index contributed by atoms with van der Waals surface area (Å²) >= 11 is 0. The number of halogens is 3. The van der Waals surface area contributed by atoms with Crippen LogP contribution in [0, 0.1) is 0 Å². The fraction of sp³-hybridized carbons (Fsp3) is 0.500. The highest BCUT2D eigenvalue weighted by Crippen LogP contribution is 2.31. The van der Waals surface area contributed by atoms with Gasteiger partial charge >= 0.3 is 18.3 Å². The van der Waals surface area contributed by atoms with Crippen LogP contribution in [0.15, 0.2) is 18.3 Å². The van der Waals surface area contributed by atoms with Gasteiger partial charge in [-0.1, -0.05) is 0 Å². The Labute approximate surface area is 159 Å². The standard InChI is InChI=1S/C18H21F3N2O5/c1-5-26-16(25)10-23-9-12-6-11(7-15(24)28-17(2,3)4)14(8-13(12)22-23)27-18(19,20)21/h6,8-9H,5,7,10H2,1-4H3. The van der Waals surface area contributed by atoms with Crippen molar-refractivity contribution in [3.8, 4) is 5.75 Å². The van der Waals surface area contributed by atoms with Crippen LogP contribution in [0.1, 0.15) is 33.3 Å². The van der Waals surface area contributed by atoms with Crippen molar-refractivity contribution in [2.45, 2.75) is 52.6 Å². The lowest BCUT2D eigenvalue weighted by atomic mass is 10.1. The third kappa shape index (κ3) is 6.43. The molecular weight excluding hydrogens is 381 g/mol. The van der Waals surface area contributed by atoms with Crippen molar-refractivity contribution in [2.75, 3.05) is 6.61 Å². The molecule has 7 nitrogen and oxygen atoms in total. The van der Waals surface area contributed by atoms with Crippen LogP contribution in [0.2, 0.25) is 0 Å². The summed E-state index contributed by atoms with van der Waals surface area (Å²) in [6.45, 7) is 6.62. The van der Waals surface area contributed by atoms with E-state index in [1.165, 1.54) is 16.9 Å². The van der Waals surface area contributed by atoms with Crippen LogP contribution in [0.3, 0.4) is 0 Å². The third-order valence-corrected chi connectivity index (χ3v) is 3.31. The predicted octanol–water partition coefficient (Wildman–Crippen LogP) is 3.38. The first-order valence-corrected chi connectivity index (χ1v) is 8.49. The van der Waals surface area contributed by atoms with Gasteiger partial charge in [-0.05, 0) is 33.8 Å². The zero-order valence-corrected chi connectivity index (χ0v) is 15.9. The van der Waals surface area contributed by atoms with Crippen molar-refractivity contribution >= 4 is 22.8 Å². The Bertz CT molecular complexity index is 868. The lowest BCUT2D eigenvalue weighted by molar-refractivity contribution is -0.274. The summed E-state index contributed by atoms with van der Waals surface area (Å²) in [7, 11) is 0. The van der Waals surface area contributed by atoms with Crippen LogP contribution in [0.5, 0.6) is 5.75 Å². The van der Waals surface area contributed by atoms with Gasteiger partial charge in [0, 0.05) is 23.2 Å². The van der Waals surface area contributed by atoms with Gasteiger partial charge in [-0.3, -0.25) is 14.3 Å². The van der Waals surface area contributed by atoms with Crippen LogP contribution < -0.4 is 4.74 Å². The van der Waals surface area contributed by atoms with Crippen LogP contribution in [-0.4, -0.2) is 40.3 Å². The largest absolute Gasteiger partial charge is 0.573 e. The quantitative estimate of drug-likeness (QED) is 0.690. The fourth-order valence-electron chi connectivity index (χ4n) is 2.46. The minimum Gasteiger partial charge on any atom is -0.465 e. The second-order valence-corrected chi connectivity index (χ2v) is 6.96. The molecule has 0 atom stereocenters. The maximum Gasteiger partial charge on any atom is 0.573 e. The number of nitrogens with zero attached hydrogens (tertiary/aromatic N) is 2. The molecule has 0 saturated heterocycles. The minimum absolute atomic E-state index is 0.00485. The van der Waals surface area contributed by atoms with E-state index in [0.29, 0.717) is 5.39 Å². The van der Waals surface area contributed by atoms with E-state index in [2.05, 4.69) is 9.84 Å². The summed E-state index contributed by atoms with van der Waals surface area (Å²) < 4.78 is 53.6. The molecule has 0 aliphatic rings. The molecule has 0 unspecified atom stereocenters. The van der Waals surface area contributed by atoms with Gasteiger partial charge in [0.1, 0.15) is 17.9 Å². The molecule has 0 aliphatic carbocycles. The first-order chi connectivity index (χ1) is 12.9. The van der Waals surface area contributed by atoms with Crippen molar-refractivity contribution in [1.82, 2.24) is 9.78 Å². The Morgan fingerprint density at radius 3 is 2.39 bits per heavy atom. The molecule has 0 spiro atoms. The van der Waals surface area contributed by atoms with E-state index in [1.807, 2.05) is 0 Å². The van der Waals surface area contributed by atoms with E-state index in [4.69, 9.17) is 9.47 Å². The summed E-state index contributed by atoms with van der Waals surface area (Å²) in [6.07, 6.45) is -3.88. The topological polar surface area (TPSA) is 79.7 Å². The molecule has 0 saturated carbocycles. The molecule has 28 heavy (non-hydrogen) atoms. The number of ether oxygens (including phenoxy) is 3. The average Bonchev–Trinajstić information content (AvgIpc) is 2.85. The molecule has 1 heterocycles. The van der Waals surface area contributed by atoms with E-state index in [1.54, 1.807) is 27.7 Å². The number of benzene rings is 1. The highest BCUT2D eigenvalue weighted by atomic mass is 19.4. The molecule has 0 bridgehead atoms. The SMILES string of the molecule is CCOC(=O)Cn1cc2cc(CC(=O)OC(C)(C)C)c(OC(F)(F)F)cc2n1. The number of carbonyl (C=O) groups is 2. The van der Waals surface area contributed by atoms with Crippen molar-refractivity contribution in [3.63, 3.8) is 0 Å². The molecule has 10 heteroatoms. The average molecular weight is 402 g/mol. The van der Waals surface area contributed by atoms with Gasteiger partial charge in [0.05, 0.1) is 18.5 Å². The highest BCUT2D eigenvalue weighted by Gasteiger charge is 2.33. The smallest absolute Gasteiger partial charge is 0.465 e. The molecule has 1 aromatic carbocycles. The van der Waals surface area contributed by atoms with E-state index < -0.39 is 36.1 Å². The summed E-state index contributed by atoms with van der Waals surface area (Å²) in [5.41, 5.74) is -0.609. The lowest BCUT2D eigenvalue weighted by Gasteiger charge is -2.20. The molecule has 0 aliphatic heterocycles. The number of fused-ring (bicyclic) bond motifs is 1. The maximum absolute atomic E-state index is 12.8. The van der Waals surface area contributed by atoms with Crippen molar-refractivity contribution < 1.29 is 37.0 Å². The number of rotatable bonds is 6. The van der Waals surface area contributed by atoms with Crippen LogP contribution in [0.25, 0.3) is 10.9 Å². The summed E-state index contributed by atoms with van der Waals surface area (Å²) in [6, 6.07) is 2.43. The zero-order valence-electron chi connectivity index (χ0n) is 15.9. The van der Waals surface area contributed by atoms with Crippen molar-refractivity contribution in [3.05, 3.63) is 23.9 Å². The van der Waals surface area contributed by atoms with E-state index >= 15 is 0 Å². The van der Waals surface area contributed by atoms with Crippen molar-refractivity contribution in [2.24, 2.45) is 0 Å². The Hall–Kier alpha value is -2.78. The molecule has 2 aromatic rings. The Kier molecular flexibility index (Phi) is 6.20. The molecule has 0 N–H and O–H groups in total. The molecule has 0 fully saturated rings. The lowest BCUT2D eigenvalue weighted by Crippen LogP contribution is -2.25. The Morgan fingerprint density at radius 2 is 1.82 bits per heavy atom. The number of hydrogen-bond donors (Lipinski definition) is 0. The van der Waals surface area contributed by atoms with Gasteiger partial charge < -0.3 is 14.2 Å². The number of hydrogen-bond acceptors (Lipinski definition) is 6. The fourth-order valence-corrected chi connectivity index (χ4v) is 2.46.